The molecular weight excluding hydrogens is 876 g/mol. The van der Waals surface area contributed by atoms with Gasteiger partial charge in [-0.25, -0.2) is 29.9 Å². The minimum absolute atomic E-state index is 0. The van der Waals surface area contributed by atoms with Crippen molar-refractivity contribution in [2.75, 3.05) is 0 Å². The van der Waals surface area contributed by atoms with Gasteiger partial charge in [0.2, 0.25) is 0 Å². The molecule has 12 nitrogen and oxygen atoms in total. The molecule has 11 aromatic rings. The van der Waals surface area contributed by atoms with Gasteiger partial charge in [0.25, 0.3) is 0 Å². The topological polar surface area (TPSA) is 146 Å². The maximum absolute atomic E-state index is 6.34. The summed E-state index contributed by atoms with van der Waals surface area (Å²) in [4.78, 5) is 38.4. The van der Waals surface area contributed by atoms with E-state index in [0.29, 0.717) is 91.9 Å². The molecule has 3 aromatic heterocycles. The van der Waals surface area contributed by atoms with Gasteiger partial charge in [0.15, 0.2) is 23.3 Å². The van der Waals surface area contributed by atoms with Gasteiger partial charge in [-0.1, -0.05) is 72.8 Å². The van der Waals surface area contributed by atoms with Crippen molar-refractivity contribution in [2.24, 2.45) is 0 Å². The van der Waals surface area contributed by atoms with E-state index < -0.39 is 0 Å². The Kier molecular flexibility index (Phi) is 10.3. The van der Waals surface area contributed by atoms with E-state index in [1.54, 1.807) is 0 Å². The fraction of sp³-hybridized carbons (Fsp3) is 0. The maximum Gasteiger partial charge on any atom is 3.00 e. The molecule has 0 aliphatic carbocycles. The number of rotatable bonds is 8. The first-order chi connectivity index (χ1) is 33.6. The summed E-state index contributed by atoms with van der Waals surface area (Å²) in [5, 5.41) is 3.12. The van der Waals surface area contributed by atoms with Crippen molar-refractivity contribution in [3.05, 3.63) is 194 Å². The molecule has 69 heavy (non-hydrogen) atoms. The number of hydrogen-bond acceptors (Lipinski definition) is 10. The number of para-hydroxylation sites is 4. The third-order valence-corrected chi connectivity index (χ3v) is 11.6. The first-order valence-corrected chi connectivity index (χ1v) is 21.9. The number of nitrogens with zero attached hydrogens (tertiary/aromatic N) is 6. The number of hydrogen-bond donors (Lipinski definition) is 2. The van der Waals surface area contributed by atoms with E-state index in [9.17, 15) is 0 Å². The molecule has 8 bridgehead atoms. The van der Waals surface area contributed by atoms with Gasteiger partial charge in [-0.2, -0.15) is 0 Å². The minimum atomic E-state index is 0. The second-order valence-corrected chi connectivity index (χ2v) is 16.1. The molecule has 322 valence electrons. The molecule has 0 saturated carbocycles. The summed E-state index contributed by atoms with van der Waals surface area (Å²) in [6.07, 6.45) is 0. The van der Waals surface area contributed by atoms with E-state index in [1.165, 1.54) is 0 Å². The molecule has 0 atom stereocenters. The van der Waals surface area contributed by atoms with Crippen LogP contribution in [-0.2, 0) is 0 Å². The Morgan fingerprint density at radius 3 is 0.884 bits per heavy atom. The van der Waals surface area contributed by atoms with Crippen molar-refractivity contribution < 1.29 is 18.9 Å². The van der Waals surface area contributed by atoms with Crippen LogP contribution in [0.15, 0.2) is 194 Å². The number of benzene rings is 8. The molecule has 13 heteroatoms. The predicted octanol–water partition coefficient (Wildman–Crippen LogP) is 13.7. The molecule has 2 aliphatic heterocycles. The molecule has 13 rings (SSSR count). The maximum atomic E-state index is 6.34. The summed E-state index contributed by atoms with van der Waals surface area (Å²) >= 11 is 0. The average molecular weight is 910 g/mol. The Balaban J connectivity index is 0.00000492. The number of H-pyrrole nitrogens is 2. The second kappa shape index (κ2) is 17.3. The molecule has 5 heterocycles. The number of ether oxygens (including phenoxy) is 4. The van der Waals surface area contributed by atoms with Crippen LogP contribution in [0.4, 0.5) is 0 Å². The van der Waals surface area contributed by atoms with Crippen molar-refractivity contribution in [3.63, 3.8) is 0 Å². The Bertz CT molecular complexity index is 3670. The van der Waals surface area contributed by atoms with E-state index in [-0.39, 0.29) is 17.4 Å². The first kappa shape index (κ1) is 41.3. The molecule has 0 saturated heterocycles. The van der Waals surface area contributed by atoms with Gasteiger partial charge >= 0.3 is 17.4 Å². The van der Waals surface area contributed by atoms with E-state index in [0.717, 1.165) is 43.8 Å². The van der Waals surface area contributed by atoms with Gasteiger partial charge in [-0.3, -0.25) is 0 Å². The molecular formula is C56H34AlN8O4+3. The summed E-state index contributed by atoms with van der Waals surface area (Å²) in [6.45, 7) is 0. The van der Waals surface area contributed by atoms with E-state index in [4.69, 9.17) is 48.9 Å². The standard InChI is InChI=1S/C56H34N8O4.Al/c1-5-13-33(14-6-1)65-37-21-25-41-45(29-37)53-57-49(41)62-54-47-31-39(67-35-17-9-3-10-18-35)23-27-43(47)51(59-54)64-56-48-32-40(68-36-19-11-4-12-20-36)24-28-44(48)52(60-56)63-55-46-30-38(66-34-15-7-2-8-16-34)22-26-42(46)50(58-55)61-53;/h1-32H,(H2,57,58,59,60,61,62,63,64);/q;+3. The zero-order valence-electron chi connectivity index (χ0n) is 36.4. The fourth-order valence-electron chi connectivity index (χ4n) is 8.46. The number of aromatic amines is 2. The molecule has 0 fully saturated rings. The summed E-state index contributed by atoms with van der Waals surface area (Å²) in [7, 11) is 0. The summed E-state index contributed by atoms with van der Waals surface area (Å²) < 4.78 is 25.3. The van der Waals surface area contributed by atoms with Gasteiger partial charge < -0.3 is 28.9 Å². The van der Waals surface area contributed by atoms with Crippen LogP contribution >= 0.6 is 0 Å². The monoisotopic (exact) mass is 909 g/mol. The zero-order valence-corrected chi connectivity index (χ0v) is 37.5. The molecule has 0 spiro atoms. The molecule has 2 N–H and O–H groups in total. The molecule has 0 amide bonds. The van der Waals surface area contributed by atoms with E-state index in [2.05, 4.69) is 9.97 Å². The number of fused-ring (bicyclic) bond motifs is 20. The third kappa shape index (κ3) is 7.93. The Hall–Kier alpha value is -9.15. The van der Waals surface area contributed by atoms with Crippen molar-refractivity contribution in [2.45, 2.75) is 0 Å². The van der Waals surface area contributed by atoms with Crippen LogP contribution < -0.4 is 18.9 Å². The SMILES string of the molecule is [Al+3].c1ccc(Oc2ccc3c(c2)-c2nc-3nc3[nH]c(nc4nc(nc5[nH]c(n2)c2ccc(Oc6ccccc6)cc52)-c2ccc(Oc5ccccc5)cc2-4)c2ccc(Oc4ccccc4)cc32)cc1. The van der Waals surface area contributed by atoms with Crippen LogP contribution in [0.2, 0.25) is 0 Å². The van der Waals surface area contributed by atoms with E-state index >= 15 is 0 Å². The van der Waals surface area contributed by atoms with Crippen molar-refractivity contribution >= 4 is 61.5 Å². The van der Waals surface area contributed by atoms with Crippen LogP contribution in [0.3, 0.4) is 0 Å². The minimum Gasteiger partial charge on any atom is -0.457 e. The zero-order chi connectivity index (χ0) is 45.0. The van der Waals surface area contributed by atoms with Crippen LogP contribution in [0.1, 0.15) is 0 Å². The first-order valence-electron chi connectivity index (χ1n) is 21.9. The van der Waals surface area contributed by atoms with Gasteiger partial charge in [-0.15, -0.1) is 0 Å². The third-order valence-electron chi connectivity index (χ3n) is 11.6. The van der Waals surface area contributed by atoms with Crippen molar-refractivity contribution in [3.8, 4) is 91.5 Å². The largest absolute Gasteiger partial charge is 3.00 e. The van der Waals surface area contributed by atoms with Crippen molar-refractivity contribution in [1.82, 2.24) is 39.9 Å². The van der Waals surface area contributed by atoms with Gasteiger partial charge in [-0.05, 0) is 121 Å². The molecule has 0 radical (unpaired) electrons. The second-order valence-electron chi connectivity index (χ2n) is 16.1. The van der Waals surface area contributed by atoms with Crippen LogP contribution in [0.25, 0.3) is 89.7 Å². The summed E-state index contributed by atoms with van der Waals surface area (Å²) in [6, 6.07) is 62.0. The van der Waals surface area contributed by atoms with Crippen LogP contribution in [0.5, 0.6) is 46.0 Å². The Morgan fingerprint density at radius 2 is 0.536 bits per heavy atom. The Labute approximate surface area is 404 Å². The smallest absolute Gasteiger partial charge is 0.457 e. The summed E-state index contributed by atoms with van der Waals surface area (Å²) in [5.74, 6) is 7.07. The quantitative estimate of drug-likeness (QED) is 0.141. The fourth-order valence-corrected chi connectivity index (χ4v) is 8.46. The van der Waals surface area contributed by atoms with Gasteiger partial charge in [0.05, 0.1) is 0 Å². The Morgan fingerprint density at radius 1 is 0.246 bits per heavy atom. The van der Waals surface area contributed by atoms with Gasteiger partial charge in [0, 0.05) is 43.8 Å². The predicted molar refractivity (Wildman–Crippen MR) is 268 cm³/mol. The van der Waals surface area contributed by atoms with E-state index in [1.807, 2.05) is 194 Å². The average Bonchev–Trinajstić information content (AvgIpc) is 4.10. The number of aromatic nitrogens is 8. The van der Waals surface area contributed by atoms with Crippen LogP contribution in [0, 0.1) is 0 Å². The van der Waals surface area contributed by atoms with Crippen LogP contribution in [-0.4, -0.2) is 57.2 Å². The van der Waals surface area contributed by atoms with Crippen molar-refractivity contribution in [1.29, 1.82) is 0 Å². The normalized spacial score (nSPS) is 11.4. The molecule has 8 aromatic carbocycles. The number of nitrogens with one attached hydrogen (secondary N) is 2. The summed E-state index contributed by atoms with van der Waals surface area (Å²) in [5.41, 5.74) is 5.12. The molecule has 2 aliphatic rings. The van der Waals surface area contributed by atoms with Gasteiger partial charge in [0.1, 0.15) is 68.6 Å². The molecule has 0 unspecified atom stereocenters.